The molecule has 0 aromatic rings. The van der Waals surface area contributed by atoms with Crippen LogP contribution in [0.25, 0.3) is 0 Å². The van der Waals surface area contributed by atoms with E-state index in [4.69, 9.17) is 10.6 Å². The number of hydrogen-bond donors (Lipinski definition) is 2. The van der Waals surface area contributed by atoms with E-state index in [1.165, 1.54) is 58.0 Å². The number of ether oxygens (including phenoxy) is 1. The summed E-state index contributed by atoms with van der Waals surface area (Å²) < 4.78 is 6.10. The Bertz CT molecular complexity index is 348. The van der Waals surface area contributed by atoms with Gasteiger partial charge in [-0.15, -0.1) is 0 Å². The summed E-state index contributed by atoms with van der Waals surface area (Å²) in [6, 6.07) is 0.358. The van der Waals surface area contributed by atoms with Gasteiger partial charge in [0.15, 0.2) is 0 Å². The Morgan fingerprint density at radius 2 is 1.90 bits per heavy atom. The number of hydrazine groups is 1. The monoisotopic (exact) mass is 295 g/mol. The van der Waals surface area contributed by atoms with E-state index in [9.17, 15) is 0 Å². The van der Waals surface area contributed by atoms with Gasteiger partial charge in [0.25, 0.3) is 0 Å². The van der Waals surface area contributed by atoms with Gasteiger partial charge in [-0.1, -0.05) is 6.42 Å². The van der Waals surface area contributed by atoms with Gasteiger partial charge in [0.2, 0.25) is 0 Å². The molecule has 3 rings (SSSR count). The van der Waals surface area contributed by atoms with Gasteiger partial charge >= 0.3 is 0 Å². The molecule has 2 atom stereocenters. The van der Waals surface area contributed by atoms with Crippen LogP contribution >= 0.6 is 0 Å². The average molecular weight is 295 g/mol. The fourth-order valence-corrected chi connectivity index (χ4v) is 4.85. The lowest BCUT2D eigenvalue weighted by atomic mass is 9.68. The maximum Gasteiger partial charge on any atom is 0.0685 e. The zero-order valence-electron chi connectivity index (χ0n) is 13.9. The van der Waals surface area contributed by atoms with Crippen LogP contribution in [0, 0.1) is 5.92 Å². The molecule has 1 spiro atoms. The van der Waals surface area contributed by atoms with Crippen LogP contribution in [0.5, 0.6) is 0 Å². The lowest BCUT2D eigenvalue weighted by Crippen LogP contribution is -2.65. The summed E-state index contributed by atoms with van der Waals surface area (Å²) in [7, 11) is 0. The van der Waals surface area contributed by atoms with E-state index in [2.05, 4.69) is 24.2 Å². The van der Waals surface area contributed by atoms with Crippen molar-refractivity contribution < 1.29 is 4.74 Å². The first-order chi connectivity index (χ1) is 10.1. The number of piperidine rings is 1. The number of hydrogen-bond acceptors (Lipinski definition) is 4. The van der Waals surface area contributed by atoms with Crippen LogP contribution in [0.15, 0.2) is 0 Å². The van der Waals surface area contributed by atoms with Gasteiger partial charge in [-0.3, -0.25) is 16.2 Å². The Kier molecular flexibility index (Phi) is 4.60. The predicted octanol–water partition coefficient (Wildman–Crippen LogP) is 2.43. The summed E-state index contributed by atoms with van der Waals surface area (Å²) in [5, 5.41) is 0. The van der Waals surface area contributed by atoms with Crippen molar-refractivity contribution in [2.24, 2.45) is 11.8 Å². The van der Waals surface area contributed by atoms with Crippen molar-refractivity contribution in [3.8, 4) is 0 Å². The third kappa shape index (κ3) is 3.00. The molecule has 2 saturated heterocycles. The molecule has 4 nitrogen and oxygen atoms in total. The first-order valence-electron chi connectivity index (χ1n) is 8.93. The molecule has 3 N–H and O–H groups in total. The van der Waals surface area contributed by atoms with Gasteiger partial charge < -0.3 is 4.74 Å². The molecule has 0 radical (unpaired) electrons. The summed E-state index contributed by atoms with van der Waals surface area (Å²) in [6.07, 6.45) is 10.2. The van der Waals surface area contributed by atoms with Crippen LogP contribution in [0.2, 0.25) is 0 Å². The Labute approximate surface area is 129 Å². The maximum absolute atomic E-state index is 6.10. The fourth-order valence-electron chi connectivity index (χ4n) is 4.85. The Hall–Kier alpha value is -0.160. The zero-order chi connectivity index (χ0) is 14.9. The van der Waals surface area contributed by atoms with Gasteiger partial charge in [-0.05, 0) is 77.8 Å². The van der Waals surface area contributed by atoms with Gasteiger partial charge in [0.05, 0.1) is 5.60 Å². The molecule has 1 saturated carbocycles. The lowest BCUT2D eigenvalue weighted by Gasteiger charge is -2.53. The second-order valence-electron chi connectivity index (χ2n) is 7.98. The second-order valence-corrected chi connectivity index (χ2v) is 7.98. The molecule has 122 valence electrons. The minimum Gasteiger partial charge on any atom is -0.375 e. The molecule has 3 aliphatic rings. The molecular formula is C17H33N3O. The molecule has 3 fully saturated rings. The minimum atomic E-state index is 0.127. The highest BCUT2D eigenvalue weighted by molar-refractivity contribution is 5.02. The van der Waals surface area contributed by atoms with Gasteiger partial charge in [0.1, 0.15) is 0 Å². The van der Waals surface area contributed by atoms with Crippen molar-refractivity contribution in [3.63, 3.8) is 0 Å². The first kappa shape index (κ1) is 15.7. The average Bonchev–Trinajstić information content (AvgIpc) is 2.47. The highest BCUT2D eigenvalue weighted by atomic mass is 16.5. The second kappa shape index (κ2) is 6.15. The molecule has 0 aromatic carbocycles. The zero-order valence-corrected chi connectivity index (χ0v) is 13.9. The smallest absolute Gasteiger partial charge is 0.0685 e. The number of likely N-dealkylation sites (tertiary alicyclic amines) is 1. The summed E-state index contributed by atoms with van der Waals surface area (Å²) in [5.74, 6) is 6.67. The summed E-state index contributed by atoms with van der Waals surface area (Å²) in [5.41, 5.74) is 3.53. The first-order valence-corrected chi connectivity index (χ1v) is 8.93. The van der Waals surface area contributed by atoms with Crippen molar-refractivity contribution in [1.29, 1.82) is 0 Å². The summed E-state index contributed by atoms with van der Waals surface area (Å²) in [4.78, 5) is 2.66. The molecule has 0 amide bonds. The fraction of sp³-hybridized carbons (Fsp3) is 1.00. The van der Waals surface area contributed by atoms with Crippen molar-refractivity contribution >= 4 is 0 Å². The largest absolute Gasteiger partial charge is 0.375 e. The normalized spacial score (nSPS) is 31.9. The molecule has 0 aromatic heterocycles. The van der Waals surface area contributed by atoms with Crippen LogP contribution in [-0.4, -0.2) is 41.8 Å². The topological polar surface area (TPSA) is 50.5 Å². The lowest BCUT2D eigenvalue weighted by molar-refractivity contribution is -0.153. The molecule has 0 bridgehead atoms. The Morgan fingerprint density at radius 1 is 1.19 bits per heavy atom. The molecule has 21 heavy (non-hydrogen) atoms. The number of nitrogens with zero attached hydrogens (tertiary/aromatic N) is 1. The third-order valence-corrected chi connectivity index (χ3v) is 6.38. The summed E-state index contributed by atoms with van der Waals surface area (Å²) in [6.45, 7) is 8.12. The molecule has 4 heteroatoms. The number of nitrogens with two attached hydrogens (primary N) is 1. The van der Waals surface area contributed by atoms with Gasteiger partial charge in [-0.2, -0.15) is 0 Å². The quantitative estimate of drug-likeness (QED) is 0.618. The summed E-state index contributed by atoms with van der Waals surface area (Å²) >= 11 is 0. The number of rotatable bonds is 4. The SMILES string of the molecule is CC(C)(C(NN)C1CCOC2(CCC2)C1)N1CCCCC1. The van der Waals surface area contributed by atoms with Crippen molar-refractivity contribution in [2.75, 3.05) is 19.7 Å². The van der Waals surface area contributed by atoms with E-state index in [0.717, 1.165) is 13.0 Å². The van der Waals surface area contributed by atoms with Crippen LogP contribution in [0.4, 0.5) is 0 Å². The van der Waals surface area contributed by atoms with Crippen molar-refractivity contribution in [3.05, 3.63) is 0 Å². The Morgan fingerprint density at radius 3 is 2.48 bits per heavy atom. The van der Waals surface area contributed by atoms with E-state index in [0.29, 0.717) is 12.0 Å². The number of nitrogens with one attached hydrogen (secondary N) is 1. The van der Waals surface area contributed by atoms with E-state index in [-0.39, 0.29) is 11.1 Å². The van der Waals surface area contributed by atoms with Crippen molar-refractivity contribution in [1.82, 2.24) is 10.3 Å². The van der Waals surface area contributed by atoms with E-state index >= 15 is 0 Å². The van der Waals surface area contributed by atoms with Crippen molar-refractivity contribution in [2.45, 2.75) is 82.4 Å². The highest BCUT2D eigenvalue weighted by Crippen LogP contribution is 2.46. The van der Waals surface area contributed by atoms with Crippen LogP contribution in [-0.2, 0) is 4.74 Å². The molecular weight excluding hydrogens is 262 g/mol. The molecule has 2 unspecified atom stereocenters. The predicted molar refractivity (Wildman–Crippen MR) is 85.9 cm³/mol. The van der Waals surface area contributed by atoms with Gasteiger partial charge in [-0.25, -0.2) is 0 Å². The highest BCUT2D eigenvalue weighted by Gasteiger charge is 2.48. The van der Waals surface area contributed by atoms with E-state index in [1.807, 2.05) is 0 Å². The maximum atomic E-state index is 6.10. The van der Waals surface area contributed by atoms with Crippen LogP contribution < -0.4 is 11.3 Å². The van der Waals surface area contributed by atoms with Crippen LogP contribution in [0.1, 0.15) is 65.2 Å². The van der Waals surface area contributed by atoms with Crippen LogP contribution in [0.3, 0.4) is 0 Å². The molecule has 2 aliphatic heterocycles. The minimum absolute atomic E-state index is 0.127. The molecule has 2 heterocycles. The van der Waals surface area contributed by atoms with E-state index < -0.39 is 0 Å². The third-order valence-electron chi connectivity index (χ3n) is 6.38. The van der Waals surface area contributed by atoms with Gasteiger partial charge in [0, 0.05) is 18.2 Å². The molecule has 1 aliphatic carbocycles. The standard InChI is InChI=1S/C17H33N3O/c1-16(2,20-10-4-3-5-11-20)15(19-18)14-7-12-21-17(13-14)8-6-9-17/h14-15,19H,3-13,18H2,1-2H3. The Balaban J connectivity index is 1.70. The van der Waals surface area contributed by atoms with E-state index in [1.54, 1.807) is 0 Å².